The lowest BCUT2D eigenvalue weighted by atomic mass is 10.1. The molecule has 2 unspecified atom stereocenters. The molecule has 30 heavy (non-hydrogen) atoms. The van der Waals surface area contributed by atoms with Crippen LogP contribution in [0.5, 0.6) is 0 Å². The lowest BCUT2D eigenvalue weighted by Gasteiger charge is -2.23. The summed E-state index contributed by atoms with van der Waals surface area (Å²) in [6, 6.07) is 18.9. The first-order valence-electron chi connectivity index (χ1n) is 10.0. The molecule has 2 aromatic carbocycles. The predicted molar refractivity (Wildman–Crippen MR) is 117 cm³/mol. The van der Waals surface area contributed by atoms with Crippen molar-refractivity contribution in [1.29, 1.82) is 0 Å². The van der Waals surface area contributed by atoms with Crippen molar-refractivity contribution in [3.63, 3.8) is 0 Å². The van der Waals surface area contributed by atoms with Crippen molar-refractivity contribution in [2.24, 2.45) is 0 Å². The monoisotopic (exact) mass is 410 g/mol. The second-order valence-electron chi connectivity index (χ2n) is 7.22. The first-order chi connectivity index (χ1) is 14.4. The van der Waals surface area contributed by atoms with E-state index in [2.05, 4.69) is 16.0 Å². The molecule has 0 aliphatic carbocycles. The molecule has 0 fully saturated rings. The maximum atomic E-state index is 12.5. The molecule has 3 amide bonds. The van der Waals surface area contributed by atoms with Crippen LogP contribution in [-0.2, 0) is 14.4 Å². The third-order valence-electron chi connectivity index (χ3n) is 4.73. The van der Waals surface area contributed by atoms with E-state index in [4.69, 9.17) is 0 Å². The van der Waals surface area contributed by atoms with Crippen molar-refractivity contribution in [2.75, 3.05) is 26.7 Å². The van der Waals surface area contributed by atoms with Crippen LogP contribution >= 0.6 is 0 Å². The molecule has 3 N–H and O–H groups in total. The summed E-state index contributed by atoms with van der Waals surface area (Å²) in [6.45, 7) is 3.63. The number of nitrogens with zero attached hydrogens (tertiary/aromatic N) is 1. The van der Waals surface area contributed by atoms with E-state index in [-0.39, 0.29) is 49.4 Å². The Labute approximate surface area is 177 Å². The van der Waals surface area contributed by atoms with Gasteiger partial charge in [0, 0.05) is 7.05 Å². The van der Waals surface area contributed by atoms with Gasteiger partial charge in [-0.15, -0.1) is 0 Å². The SMILES string of the molecule is CNC(=O)CN(CC(=O)NC(C)c1ccccc1)CC(=O)NC(C)c1ccccc1. The highest BCUT2D eigenvalue weighted by Gasteiger charge is 2.20. The van der Waals surface area contributed by atoms with Gasteiger partial charge in [0.15, 0.2) is 0 Å². The van der Waals surface area contributed by atoms with E-state index < -0.39 is 0 Å². The van der Waals surface area contributed by atoms with Gasteiger partial charge in [-0.05, 0) is 25.0 Å². The van der Waals surface area contributed by atoms with Gasteiger partial charge in [-0.25, -0.2) is 0 Å². The van der Waals surface area contributed by atoms with Gasteiger partial charge in [0.25, 0.3) is 0 Å². The fourth-order valence-corrected chi connectivity index (χ4v) is 3.08. The van der Waals surface area contributed by atoms with Gasteiger partial charge in [0.1, 0.15) is 0 Å². The van der Waals surface area contributed by atoms with Gasteiger partial charge in [0.05, 0.1) is 31.7 Å². The van der Waals surface area contributed by atoms with Crippen LogP contribution in [0.2, 0.25) is 0 Å². The van der Waals surface area contributed by atoms with E-state index in [1.54, 1.807) is 0 Å². The van der Waals surface area contributed by atoms with E-state index >= 15 is 0 Å². The number of carbonyl (C=O) groups is 3. The zero-order valence-electron chi connectivity index (χ0n) is 17.7. The van der Waals surface area contributed by atoms with E-state index in [0.717, 1.165) is 11.1 Å². The molecule has 160 valence electrons. The highest BCUT2D eigenvalue weighted by molar-refractivity contribution is 5.84. The van der Waals surface area contributed by atoms with Crippen molar-refractivity contribution < 1.29 is 14.4 Å². The van der Waals surface area contributed by atoms with Crippen LogP contribution in [0.1, 0.15) is 37.1 Å². The standard InChI is InChI=1S/C23H30N4O3/c1-17(19-10-6-4-7-11-19)25-22(29)15-27(14-21(28)24-3)16-23(30)26-18(2)20-12-8-5-9-13-20/h4-13,17-18H,14-16H2,1-3H3,(H,24,28)(H,25,29)(H,26,30). The van der Waals surface area contributed by atoms with Gasteiger partial charge < -0.3 is 16.0 Å². The van der Waals surface area contributed by atoms with Crippen LogP contribution in [0.25, 0.3) is 0 Å². The number of benzene rings is 2. The Kier molecular flexibility index (Phi) is 9.03. The zero-order chi connectivity index (χ0) is 21.9. The average molecular weight is 411 g/mol. The Bertz CT molecular complexity index is 765. The number of carbonyl (C=O) groups excluding carboxylic acids is 3. The molecule has 0 aliphatic heterocycles. The van der Waals surface area contributed by atoms with Crippen molar-refractivity contribution >= 4 is 17.7 Å². The molecule has 0 heterocycles. The molecule has 2 atom stereocenters. The maximum absolute atomic E-state index is 12.5. The topological polar surface area (TPSA) is 90.5 Å². The summed E-state index contributed by atoms with van der Waals surface area (Å²) in [5.41, 5.74) is 1.97. The fourth-order valence-electron chi connectivity index (χ4n) is 3.08. The number of nitrogens with one attached hydrogen (secondary N) is 3. The van der Waals surface area contributed by atoms with Crippen molar-refractivity contribution in [2.45, 2.75) is 25.9 Å². The molecule has 0 spiro atoms. The molecular weight excluding hydrogens is 380 g/mol. The van der Waals surface area contributed by atoms with E-state index in [9.17, 15) is 14.4 Å². The molecular formula is C23H30N4O3. The molecule has 0 aliphatic rings. The number of rotatable bonds is 10. The summed E-state index contributed by atoms with van der Waals surface area (Å²) >= 11 is 0. The minimum absolute atomic E-state index is 0.0449. The molecule has 0 radical (unpaired) electrons. The van der Waals surface area contributed by atoms with Crippen LogP contribution in [0.4, 0.5) is 0 Å². The quantitative estimate of drug-likeness (QED) is 0.557. The minimum atomic E-state index is -0.261. The first-order valence-corrected chi connectivity index (χ1v) is 10.0. The molecule has 7 heteroatoms. The summed E-state index contributed by atoms with van der Waals surface area (Å²) < 4.78 is 0. The third-order valence-corrected chi connectivity index (χ3v) is 4.73. The molecule has 0 saturated carbocycles. The number of amides is 3. The third kappa shape index (κ3) is 7.67. The Morgan fingerprint density at radius 3 is 1.43 bits per heavy atom. The van der Waals surface area contributed by atoms with Gasteiger partial charge in [-0.3, -0.25) is 19.3 Å². The van der Waals surface area contributed by atoms with Crippen LogP contribution < -0.4 is 16.0 Å². The van der Waals surface area contributed by atoms with Gasteiger partial charge in [-0.1, -0.05) is 60.7 Å². The largest absolute Gasteiger partial charge is 0.358 e. The molecule has 2 rings (SSSR count). The van der Waals surface area contributed by atoms with Gasteiger partial charge in [-0.2, -0.15) is 0 Å². The summed E-state index contributed by atoms with van der Waals surface area (Å²) in [5, 5.41) is 8.36. The summed E-state index contributed by atoms with van der Waals surface area (Å²) in [7, 11) is 1.52. The Balaban J connectivity index is 1.94. The van der Waals surface area contributed by atoms with Crippen molar-refractivity contribution in [1.82, 2.24) is 20.9 Å². The highest BCUT2D eigenvalue weighted by atomic mass is 16.2. The maximum Gasteiger partial charge on any atom is 0.234 e. The Hall–Kier alpha value is -3.19. The summed E-state index contributed by atoms with van der Waals surface area (Å²) in [5.74, 6) is -0.763. The fraction of sp³-hybridized carbons (Fsp3) is 0.348. The highest BCUT2D eigenvalue weighted by Crippen LogP contribution is 2.12. The van der Waals surface area contributed by atoms with Gasteiger partial charge >= 0.3 is 0 Å². The number of likely N-dealkylation sites (N-methyl/N-ethyl adjacent to an activating group) is 1. The Morgan fingerprint density at radius 2 is 1.07 bits per heavy atom. The average Bonchev–Trinajstić information content (AvgIpc) is 2.74. The lowest BCUT2D eigenvalue weighted by molar-refractivity contribution is -0.128. The van der Waals surface area contributed by atoms with Crippen LogP contribution in [0.15, 0.2) is 60.7 Å². The van der Waals surface area contributed by atoms with Crippen molar-refractivity contribution in [3.05, 3.63) is 71.8 Å². The molecule has 2 aromatic rings. The normalized spacial score (nSPS) is 12.7. The van der Waals surface area contributed by atoms with Gasteiger partial charge in [0.2, 0.25) is 17.7 Å². The van der Waals surface area contributed by atoms with Crippen LogP contribution in [-0.4, -0.2) is 49.3 Å². The van der Waals surface area contributed by atoms with E-state index in [1.165, 1.54) is 11.9 Å². The molecule has 7 nitrogen and oxygen atoms in total. The van der Waals surface area contributed by atoms with Crippen molar-refractivity contribution in [3.8, 4) is 0 Å². The predicted octanol–water partition coefficient (Wildman–Crippen LogP) is 1.79. The van der Waals surface area contributed by atoms with Crippen LogP contribution in [0.3, 0.4) is 0 Å². The zero-order valence-corrected chi connectivity index (χ0v) is 17.7. The molecule has 0 bridgehead atoms. The minimum Gasteiger partial charge on any atom is -0.358 e. The lowest BCUT2D eigenvalue weighted by Crippen LogP contribution is -2.47. The first kappa shape index (κ1) is 23.1. The number of hydrogen-bond acceptors (Lipinski definition) is 4. The molecule has 0 aromatic heterocycles. The van der Waals surface area contributed by atoms with E-state index in [0.29, 0.717) is 0 Å². The second-order valence-corrected chi connectivity index (χ2v) is 7.22. The second kappa shape index (κ2) is 11.7. The number of hydrogen-bond donors (Lipinski definition) is 3. The van der Waals surface area contributed by atoms with E-state index in [1.807, 2.05) is 74.5 Å². The Morgan fingerprint density at radius 1 is 0.700 bits per heavy atom. The summed E-state index contributed by atoms with van der Waals surface area (Å²) in [4.78, 5) is 38.4. The van der Waals surface area contributed by atoms with Crippen LogP contribution in [0, 0.1) is 0 Å². The molecule has 0 saturated heterocycles. The smallest absolute Gasteiger partial charge is 0.234 e. The summed E-state index contributed by atoms with van der Waals surface area (Å²) in [6.07, 6.45) is 0.